The van der Waals surface area contributed by atoms with Crippen LogP contribution < -0.4 is 0 Å². The minimum atomic E-state index is 0.121. The standard InChI is InChI=1S/C20H22N4O/c1-22-10-3-7-18(22)19-8-4-11-24(19)20(25)17-6-2-5-16(13-17)14-23-12-9-21-15-23/h2-3,5-7,9-10,12-13,15,19H,4,8,11,14H2,1H3/t19-/m1/s1. The Bertz CT molecular complexity index is 865. The highest BCUT2D eigenvalue weighted by atomic mass is 16.2. The fourth-order valence-corrected chi connectivity index (χ4v) is 3.70. The van der Waals surface area contributed by atoms with Gasteiger partial charge in [0.25, 0.3) is 5.91 Å². The Morgan fingerprint density at radius 1 is 1.24 bits per heavy atom. The maximum absolute atomic E-state index is 13.1. The molecule has 1 saturated heterocycles. The van der Waals surface area contributed by atoms with Crippen molar-refractivity contribution in [1.29, 1.82) is 0 Å². The zero-order chi connectivity index (χ0) is 17.2. The average Bonchev–Trinajstić information content (AvgIpc) is 3.35. The van der Waals surface area contributed by atoms with Crippen LogP contribution in [-0.2, 0) is 13.6 Å². The van der Waals surface area contributed by atoms with Crippen molar-refractivity contribution in [2.45, 2.75) is 25.4 Å². The third-order valence-corrected chi connectivity index (χ3v) is 4.94. The van der Waals surface area contributed by atoms with Gasteiger partial charge in [-0.1, -0.05) is 12.1 Å². The number of hydrogen-bond acceptors (Lipinski definition) is 2. The summed E-state index contributed by atoms with van der Waals surface area (Å²) in [6.45, 7) is 1.54. The maximum atomic E-state index is 13.1. The molecule has 0 spiro atoms. The maximum Gasteiger partial charge on any atom is 0.254 e. The van der Waals surface area contributed by atoms with E-state index in [2.05, 4.69) is 21.7 Å². The molecule has 0 N–H and O–H groups in total. The van der Waals surface area contributed by atoms with Crippen LogP contribution in [0.4, 0.5) is 0 Å². The lowest BCUT2D eigenvalue weighted by Crippen LogP contribution is -2.31. The van der Waals surface area contributed by atoms with E-state index in [1.54, 1.807) is 12.5 Å². The van der Waals surface area contributed by atoms with Crippen LogP contribution in [0.2, 0.25) is 0 Å². The highest BCUT2D eigenvalue weighted by Crippen LogP contribution is 2.33. The van der Waals surface area contributed by atoms with E-state index in [4.69, 9.17) is 0 Å². The molecule has 1 atom stereocenters. The highest BCUT2D eigenvalue weighted by molar-refractivity contribution is 5.94. The monoisotopic (exact) mass is 334 g/mol. The van der Waals surface area contributed by atoms with Crippen LogP contribution >= 0.6 is 0 Å². The minimum absolute atomic E-state index is 0.121. The fourth-order valence-electron chi connectivity index (χ4n) is 3.70. The summed E-state index contributed by atoms with van der Waals surface area (Å²) < 4.78 is 4.12. The van der Waals surface area contributed by atoms with E-state index >= 15 is 0 Å². The van der Waals surface area contributed by atoms with Crippen LogP contribution in [0.5, 0.6) is 0 Å². The summed E-state index contributed by atoms with van der Waals surface area (Å²) in [6, 6.07) is 12.3. The lowest BCUT2D eigenvalue weighted by atomic mass is 10.1. The van der Waals surface area contributed by atoms with Crippen LogP contribution in [-0.4, -0.2) is 31.5 Å². The van der Waals surface area contributed by atoms with Crippen molar-refractivity contribution >= 4 is 5.91 Å². The number of nitrogens with zero attached hydrogens (tertiary/aromatic N) is 4. The summed E-state index contributed by atoms with van der Waals surface area (Å²) in [6.07, 6.45) is 9.61. The number of aryl methyl sites for hydroxylation is 1. The molecule has 1 fully saturated rings. The summed E-state index contributed by atoms with van der Waals surface area (Å²) >= 11 is 0. The second-order valence-corrected chi connectivity index (χ2v) is 6.64. The predicted octanol–water partition coefficient (Wildman–Crippen LogP) is 3.25. The van der Waals surface area contributed by atoms with E-state index in [0.29, 0.717) is 0 Å². The van der Waals surface area contributed by atoms with E-state index in [-0.39, 0.29) is 11.9 Å². The second-order valence-electron chi connectivity index (χ2n) is 6.64. The van der Waals surface area contributed by atoms with Crippen LogP contribution in [0.15, 0.2) is 61.3 Å². The summed E-state index contributed by atoms with van der Waals surface area (Å²) in [7, 11) is 2.04. The van der Waals surface area contributed by atoms with Gasteiger partial charge in [0.15, 0.2) is 0 Å². The second kappa shape index (κ2) is 6.59. The Labute approximate surface area is 147 Å². The van der Waals surface area contributed by atoms with Gasteiger partial charge in [-0.25, -0.2) is 4.98 Å². The van der Waals surface area contributed by atoms with E-state index in [0.717, 1.165) is 37.1 Å². The zero-order valence-corrected chi connectivity index (χ0v) is 14.4. The molecule has 3 aromatic rings. The molecule has 4 rings (SSSR count). The molecule has 0 radical (unpaired) electrons. The molecule has 1 amide bonds. The SMILES string of the molecule is Cn1cccc1[C@H]1CCCN1C(=O)c1cccc(Cn2ccnc2)c1. The Kier molecular flexibility index (Phi) is 4.14. The largest absolute Gasteiger partial charge is 0.353 e. The zero-order valence-electron chi connectivity index (χ0n) is 14.4. The Morgan fingerprint density at radius 3 is 2.92 bits per heavy atom. The molecule has 2 aromatic heterocycles. The van der Waals surface area contributed by atoms with E-state index in [1.807, 2.05) is 53.2 Å². The Hall–Kier alpha value is -2.82. The first kappa shape index (κ1) is 15.7. The summed E-state index contributed by atoms with van der Waals surface area (Å²) in [5.74, 6) is 0.121. The molecule has 1 aliphatic heterocycles. The van der Waals surface area contributed by atoms with Gasteiger partial charge >= 0.3 is 0 Å². The number of likely N-dealkylation sites (tertiary alicyclic amines) is 1. The molecule has 3 heterocycles. The van der Waals surface area contributed by atoms with Crippen LogP contribution in [0.1, 0.15) is 40.5 Å². The quantitative estimate of drug-likeness (QED) is 0.735. The molecular formula is C20H22N4O. The summed E-state index contributed by atoms with van der Waals surface area (Å²) in [4.78, 5) is 19.2. The van der Waals surface area contributed by atoms with Gasteiger partial charge in [0.05, 0.1) is 12.4 Å². The van der Waals surface area contributed by atoms with Crippen molar-refractivity contribution in [3.63, 3.8) is 0 Å². The van der Waals surface area contributed by atoms with Gasteiger partial charge in [-0.3, -0.25) is 4.79 Å². The number of hydrogen-bond donors (Lipinski definition) is 0. The molecule has 0 aliphatic carbocycles. The molecule has 0 saturated carbocycles. The number of benzene rings is 1. The topological polar surface area (TPSA) is 43.1 Å². The molecule has 0 bridgehead atoms. The number of carbonyl (C=O) groups excluding carboxylic acids is 1. The summed E-state index contributed by atoms with van der Waals surface area (Å²) in [5.41, 5.74) is 3.08. The molecule has 1 aliphatic rings. The lowest BCUT2D eigenvalue weighted by Gasteiger charge is -2.25. The molecular weight excluding hydrogens is 312 g/mol. The van der Waals surface area contributed by atoms with E-state index in [9.17, 15) is 4.79 Å². The van der Waals surface area contributed by atoms with Gasteiger partial charge in [0.1, 0.15) is 0 Å². The van der Waals surface area contributed by atoms with Gasteiger partial charge in [-0.2, -0.15) is 0 Å². The number of carbonyl (C=O) groups is 1. The molecule has 5 nitrogen and oxygen atoms in total. The van der Waals surface area contributed by atoms with E-state index < -0.39 is 0 Å². The van der Waals surface area contributed by atoms with Crippen molar-refractivity contribution in [3.8, 4) is 0 Å². The first-order chi connectivity index (χ1) is 12.2. The Morgan fingerprint density at radius 2 is 2.16 bits per heavy atom. The van der Waals surface area contributed by atoms with Crippen LogP contribution in [0.25, 0.3) is 0 Å². The van der Waals surface area contributed by atoms with Crippen LogP contribution in [0, 0.1) is 0 Å². The van der Waals surface area contributed by atoms with Gasteiger partial charge in [-0.05, 0) is 42.7 Å². The van der Waals surface area contributed by atoms with Gasteiger partial charge < -0.3 is 14.0 Å². The van der Waals surface area contributed by atoms with Crippen molar-refractivity contribution in [2.75, 3.05) is 6.54 Å². The van der Waals surface area contributed by atoms with Gasteiger partial charge in [0, 0.05) is 50.0 Å². The third-order valence-electron chi connectivity index (χ3n) is 4.94. The third kappa shape index (κ3) is 3.09. The van der Waals surface area contributed by atoms with Gasteiger partial charge in [0.2, 0.25) is 0 Å². The van der Waals surface area contributed by atoms with Crippen molar-refractivity contribution in [3.05, 3.63) is 78.1 Å². The predicted molar refractivity (Wildman–Crippen MR) is 96.2 cm³/mol. The fraction of sp³-hybridized carbons (Fsp3) is 0.300. The van der Waals surface area contributed by atoms with Crippen molar-refractivity contribution in [2.24, 2.45) is 7.05 Å². The smallest absolute Gasteiger partial charge is 0.254 e. The first-order valence-corrected chi connectivity index (χ1v) is 8.69. The lowest BCUT2D eigenvalue weighted by molar-refractivity contribution is 0.0731. The van der Waals surface area contributed by atoms with Crippen LogP contribution in [0.3, 0.4) is 0 Å². The number of amides is 1. The minimum Gasteiger partial charge on any atom is -0.353 e. The summed E-state index contributed by atoms with van der Waals surface area (Å²) in [5, 5.41) is 0. The van der Waals surface area contributed by atoms with Crippen molar-refractivity contribution < 1.29 is 4.79 Å². The number of rotatable bonds is 4. The molecule has 1 aromatic carbocycles. The molecule has 25 heavy (non-hydrogen) atoms. The number of aromatic nitrogens is 3. The highest BCUT2D eigenvalue weighted by Gasteiger charge is 2.31. The number of imidazole rings is 1. The normalized spacial score (nSPS) is 17.2. The average molecular weight is 334 g/mol. The first-order valence-electron chi connectivity index (χ1n) is 8.69. The van der Waals surface area contributed by atoms with Crippen molar-refractivity contribution in [1.82, 2.24) is 19.0 Å². The van der Waals surface area contributed by atoms with E-state index in [1.165, 1.54) is 5.69 Å². The van der Waals surface area contributed by atoms with Gasteiger partial charge in [-0.15, -0.1) is 0 Å². The molecule has 0 unspecified atom stereocenters. The molecule has 128 valence electrons. The molecule has 5 heteroatoms. The Balaban J connectivity index is 1.57.